The zero-order valence-electron chi connectivity index (χ0n) is 9.89. The second-order valence-corrected chi connectivity index (χ2v) is 3.58. The zero-order chi connectivity index (χ0) is 10.5. The molecule has 0 saturated heterocycles. The average Bonchev–Trinajstić information content (AvgIpc) is 2.21. The van der Waals surface area contributed by atoms with E-state index in [1.807, 2.05) is 6.92 Å². The van der Waals surface area contributed by atoms with E-state index in [0.29, 0.717) is 0 Å². The standard InChI is InChI=1S/C12H26O2/c1-3-5-6-7-11-14-12-9-8-10-13-4-2/h3-12H2,1-2H3. The Kier molecular flexibility index (Phi) is 12.8. The smallest absolute Gasteiger partial charge is 0.0466 e. The maximum absolute atomic E-state index is 5.50. The monoisotopic (exact) mass is 202 g/mol. The Balaban J connectivity index is 2.78. The Labute approximate surface area is 89.0 Å². The van der Waals surface area contributed by atoms with E-state index in [2.05, 4.69) is 6.92 Å². The van der Waals surface area contributed by atoms with Gasteiger partial charge in [0.05, 0.1) is 0 Å². The van der Waals surface area contributed by atoms with Crippen molar-refractivity contribution in [3.63, 3.8) is 0 Å². The Hall–Kier alpha value is -0.0800. The Morgan fingerprint density at radius 2 is 1.21 bits per heavy atom. The third kappa shape index (κ3) is 11.9. The summed E-state index contributed by atoms with van der Waals surface area (Å²) in [5, 5.41) is 0. The first-order valence-electron chi connectivity index (χ1n) is 6.07. The van der Waals surface area contributed by atoms with Gasteiger partial charge in [0.2, 0.25) is 0 Å². The molecule has 0 aromatic rings. The number of hydrogen-bond donors (Lipinski definition) is 0. The van der Waals surface area contributed by atoms with E-state index in [-0.39, 0.29) is 0 Å². The molecule has 0 N–H and O–H groups in total. The van der Waals surface area contributed by atoms with Crippen molar-refractivity contribution in [2.75, 3.05) is 26.4 Å². The van der Waals surface area contributed by atoms with Gasteiger partial charge in [0.25, 0.3) is 0 Å². The van der Waals surface area contributed by atoms with Crippen LogP contribution in [0.2, 0.25) is 0 Å². The van der Waals surface area contributed by atoms with Gasteiger partial charge in [0.15, 0.2) is 0 Å². The molecule has 0 aliphatic heterocycles. The molecule has 0 aromatic heterocycles. The molecule has 0 fully saturated rings. The predicted octanol–water partition coefficient (Wildman–Crippen LogP) is 3.40. The highest BCUT2D eigenvalue weighted by atomic mass is 16.5. The molecular formula is C12H26O2. The minimum Gasteiger partial charge on any atom is -0.382 e. The van der Waals surface area contributed by atoms with Crippen LogP contribution in [0.5, 0.6) is 0 Å². The lowest BCUT2D eigenvalue weighted by molar-refractivity contribution is 0.106. The zero-order valence-corrected chi connectivity index (χ0v) is 9.89. The molecule has 14 heavy (non-hydrogen) atoms. The third-order valence-electron chi connectivity index (χ3n) is 2.17. The molecular weight excluding hydrogens is 176 g/mol. The van der Waals surface area contributed by atoms with Crippen LogP contribution in [0.15, 0.2) is 0 Å². The molecule has 0 radical (unpaired) electrons. The molecule has 0 amide bonds. The van der Waals surface area contributed by atoms with E-state index >= 15 is 0 Å². The third-order valence-corrected chi connectivity index (χ3v) is 2.17. The average molecular weight is 202 g/mol. The summed E-state index contributed by atoms with van der Waals surface area (Å²) in [4.78, 5) is 0. The van der Waals surface area contributed by atoms with Crippen LogP contribution in [-0.4, -0.2) is 26.4 Å². The number of ether oxygens (including phenoxy) is 2. The van der Waals surface area contributed by atoms with Gasteiger partial charge in [-0.3, -0.25) is 0 Å². The molecule has 0 aliphatic carbocycles. The summed E-state index contributed by atoms with van der Waals surface area (Å²) in [5.74, 6) is 0. The van der Waals surface area contributed by atoms with Crippen molar-refractivity contribution in [3.05, 3.63) is 0 Å². The lowest BCUT2D eigenvalue weighted by Crippen LogP contribution is -2.00. The van der Waals surface area contributed by atoms with Gasteiger partial charge < -0.3 is 9.47 Å². The first kappa shape index (κ1) is 13.9. The quantitative estimate of drug-likeness (QED) is 0.478. The maximum atomic E-state index is 5.50. The first-order valence-corrected chi connectivity index (χ1v) is 6.07. The number of rotatable bonds is 11. The van der Waals surface area contributed by atoms with Crippen molar-refractivity contribution in [2.24, 2.45) is 0 Å². The summed E-state index contributed by atoms with van der Waals surface area (Å²) in [7, 11) is 0. The molecule has 0 heterocycles. The van der Waals surface area contributed by atoms with Gasteiger partial charge in [0.1, 0.15) is 0 Å². The van der Waals surface area contributed by atoms with Gasteiger partial charge >= 0.3 is 0 Å². The molecule has 0 rings (SSSR count). The molecule has 0 aliphatic rings. The molecule has 2 heteroatoms. The van der Waals surface area contributed by atoms with Crippen LogP contribution in [0.4, 0.5) is 0 Å². The van der Waals surface area contributed by atoms with Crippen molar-refractivity contribution >= 4 is 0 Å². The van der Waals surface area contributed by atoms with E-state index in [1.165, 1.54) is 25.7 Å². The fourth-order valence-electron chi connectivity index (χ4n) is 1.29. The molecule has 0 saturated carbocycles. The lowest BCUT2D eigenvalue weighted by atomic mass is 10.2. The summed E-state index contributed by atoms with van der Waals surface area (Å²) in [5.41, 5.74) is 0. The maximum Gasteiger partial charge on any atom is 0.0466 e. The summed E-state index contributed by atoms with van der Waals surface area (Å²) >= 11 is 0. The van der Waals surface area contributed by atoms with Crippen LogP contribution in [0.25, 0.3) is 0 Å². The minimum absolute atomic E-state index is 0.831. The highest BCUT2D eigenvalue weighted by Crippen LogP contribution is 1.99. The second kappa shape index (κ2) is 12.9. The van der Waals surface area contributed by atoms with Gasteiger partial charge in [-0.1, -0.05) is 26.2 Å². The Morgan fingerprint density at radius 1 is 0.643 bits per heavy atom. The van der Waals surface area contributed by atoms with Gasteiger partial charge in [-0.2, -0.15) is 0 Å². The number of hydrogen-bond acceptors (Lipinski definition) is 2. The topological polar surface area (TPSA) is 18.5 Å². The van der Waals surface area contributed by atoms with Crippen LogP contribution < -0.4 is 0 Å². The van der Waals surface area contributed by atoms with Crippen molar-refractivity contribution in [1.82, 2.24) is 0 Å². The van der Waals surface area contributed by atoms with Crippen molar-refractivity contribution in [3.8, 4) is 0 Å². The summed E-state index contributed by atoms with van der Waals surface area (Å²) in [6.07, 6.45) is 7.44. The summed E-state index contributed by atoms with van der Waals surface area (Å²) in [6, 6.07) is 0. The summed E-state index contributed by atoms with van der Waals surface area (Å²) < 4.78 is 10.7. The highest BCUT2D eigenvalue weighted by molar-refractivity contribution is 4.41. The Bertz CT molecular complexity index is 82.3. The fourth-order valence-corrected chi connectivity index (χ4v) is 1.29. The van der Waals surface area contributed by atoms with Gasteiger partial charge in [-0.15, -0.1) is 0 Å². The minimum atomic E-state index is 0.831. The van der Waals surface area contributed by atoms with Crippen LogP contribution >= 0.6 is 0 Å². The predicted molar refractivity (Wildman–Crippen MR) is 60.7 cm³/mol. The SMILES string of the molecule is CCCCCCOCCCCOCC. The van der Waals surface area contributed by atoms with Crippen LogP contribution in [0, 0.1) is 0 Å². The first-order chi connectivity index (χ1) is 6.91. The van der Waals surface area contributed by atoms with Gasteiger partial charge in [0, 0.05) is 26.4 Å². The van der Waals surface area contributed by atoms with Crippen LogP contribution in [0.3, 0.4) is 0 Å². The molecule has 0 bridgehead atoms. The molecule has 0 atom stereocenters. The van der Waals surface area contributed by atoms with E-state index in [9.17, 15) is 0 Å². The molecule has 0 spiro atoms. The highest BCUT2D eigenvalue weighted by Gasteiger charge is 1.91. The fraction of sp³-hybridized carbons (Fsp3) is 1.00. The van der Waals surface area contributed by atoms with Crippen molar-refractivity contribution < 1.29 is 9.47 Å². The normalized spacial score (nSPS) is 10.7. The van der Waals surface area contributed by atoms with Crippen LogP contribution in [-0.2, 0) is 9.47 Å². The van der Waals surface area contributed by atoms with E-state index in [1.54, 1.807) is 0 Å². The molecule has 0 aromatic carbocycles. The van der Waals surface area contributed by atoms with E-state index in [0.717, 1.165) is 39.3 Å². The largest absolute Gasteiger partial charge is 0.382 e. The molecule has 0 unspecified atom stereocenters. The molecule has 86 valence electrons. The number of unbranched alkanes of at least 4 members (excludes halogenated alkanes) is 4. The van der Waals surface area contributed by atoms with Crippen molar-refractivity contribution in [1.29, 1.82) is 0 Å². The lowest BCUT2D eigenvalue weighted by Gasteiger charge is -2.04. The van der Waals surface area contributed by atoms with Crippen LogP contribution in [0.1, 0.15) is 52.4 Å². The van der Waals surface area contributed by atoms with E-state index in [4.69, 9.17) is 9.47 Å². The second-order valence-electron chi connectivity index (χ2n) is 3.58. The van der Waals surface area contributed by atoms with Gasteiger partial charge in [-0.25, -0.2) is 0 Å². The van der Waals surface area contributed by atoms with Gasteiger partial charge in [-0.05, 0) is 26.2 Å². The Morgan fingerprint density at radius 3 is 1.79 bits per heavy atom. The molecule has 2 nitrogen and oxygen atoms in total. The summed E-state index contributed by atoms with van der Waals surface area (Å²) in [6.45, 7) is 7.82. The van der Waals surface area contributed by atoms with Crippen molar-refractivity contribution in [2.45, 2.75) is 52.4 Å². The van der Waals surface area contributed by atoms with E-state index < -0.39 is 0 Å².